The predicted octanol–water partition coefficient (Wildman–Crippen LogP) is 3.87. The zero-order valence-corrected chi connectivity index (χ0v) is 19.7. The van der Waals surface area contributed by atoms with Crippen molar-refractivity contribution in [3.63, 3.8) is 0 Å². The van der Waals surface area contributed by atoms with Crippen LogP contribution in [0.4, 0.5) is 5.69 Å². The first-order valence-electron chi connectivity index (χ1n) is 11.0. The Morgan fingerprint density at radius 2 is 2.06 bits per heavy atom. The van der Waals surface area contributed by atoms with Gasteiger partial charge in [0.1, 0.15) is 5.88 Å². The predicted molar refractivity (Wildman–Crippen MR) is 125 cm³/mol. The van der Waals surface area contributed by atoms with Gasteiger partial charge in [-0.2, -0.15) is 0 Å². The number of rotatable bonds is 10. The quantitative estimate of drug-likeness (QED) is 0.485. The minimum atomic E-state index is -2.47. The normalized spacial score (nSPS) is 21.0. The van der Waals surface area contributed by atoms with Crippen LogP contribution in [0.15, 0.2) is 36.5 Å². The second-order valence-corrected chi connectivity index (χ2v) is 9.77. The van der Waals surface area contributed by atoms with Crippen molar-refractivity contribution in [1.29, 1.82) is 0 Å². The van der Waals surface area contributed by atoms with E-state index in [4.69, 9.17) is 0 Å². The van der Waals surface area contributed by atoms with E-state index in [-0.39, 0.29) is 29.2 Å². The lowest BCUT2D eigenvalue weighted by Crippen LogP contribution is -2.30. The van der Waals surface area contributed by atoms with Crippen LogP contribution in [0.25, 0.3) is 0 Å². The molecule has 1 amide bonds. The molecule has 168 valence electrons. The molecule has 3 atom stereocenters. The Kier molecular flexibility index (Phi) is 7.36. The third-order valence-electron chi connectivity index (χ3n) is 6.33. The number of anilines is 1. The number of hydrogen-bond acceptors (Lipinski definition) is 5. The number of nitrogens with one attached hydrogen (secondary N) is 2. The summed E-state index contributed by atoms with van der Waals surface area (Å²) in [7, 11) is -2.47. The van der Waals surface area contributed by atoms with E-state index >= 15 is 0 Å². The van der Waals surface area contributed by atoms with E-state index in [1.54, 1.807) is 0 Å². The molecule has 31 heavy (non-hydrogen) atoms. The first-order valence-corrected chi connectivity index (χ1v) is 12.3. The molecule has 1 aromatic carbocycles. The van der Waals surface area contributed by atoms with E-state index in [2.05, 4.69) is 41.6 Å². The number of unbranched alkanes of at least 4 members (excludes halogenated alkanes) is 1. The number of pyridine rings is 1. The van der Waals surface area contributed by atoms with Gasteiger partial charge in [-0.3, -0.25) is 9.78 Å². The van der Waals surface area contributed by atoms with Gasteiger partial charge >= 0.3 is 0 Å². The molecule has 1 saturated carbocycles. The van der Waals surface area contributed by atoms with Crippen molar-refractivity contribution in [2.24, 2.45) is 5.92 Å². The zero-order chi connectivity index (χ0) is 22.6. The lowest BCUT2D eigenvalue weighted by Gasteiger charge is -2.18. The summed E-state index contributed by atoms with van der Waals surface area (Å²) in [6, 6.07) is 9.85. The average Bonchev–Trinajstić information content (AvgIpc) is 3.44. The smallest absolute Gasteiger partial charge is 0.224 e. The van der Waals surface area contributed by atoms with Gasteiger partial charge in [0.15, 0.2) is 10.7 Å². The van der Waals surface area contributed by atoms with Crippen molar-refractivity contribution in [1.82, 2.24) is 10.3 Å². The highest BCUT2D eigenvalue weighted by Gasteiger charge is 2.55. The SMILES string of the molecule is CCCCc1ccc(C2(C)CC2C(=O)N[C@H](C)c2ccc(NC[SH](=O)=O)c(C)c2)cn1. The van der Waals surface area contributed by atoms with Crippen LogP contribution in [0.2, 0.25) is 0 Å². The van der Waals surface area contributed by atoms with Gasteiger partial charge in [0, 0.05) is 28.9 Å². The molecule has 0 aliphatic heterocycles. The third-order valence-corrected chi connectivity index (χ3v) is 6.75. The minimum absolute atomic E-state index is 0.0476. The molecule has 2 unspecified atom stereocenters. The minimum Gasteiger partial charge on any atom is -0.372 e. The molecular formula is C24H33N3O3S. The van der Waals surface area contributed by atoms with Crippen LogP contribution < -0.4 is 10.6 Å². The van der Waals surface area contributed by atoms with Gasteiger partial charge in [-0.15, -0.1) is 0 Å². The number of hydrogen-bond donors (Lipinski definition) is 3. The molecular weight excluding hydrogens is 410 g/mol. The monoisotopic (exact) mass is 443 g/mol. The van der Waals surface area contributed by atoms with Crippen LogP contribution in [-0.4, -0.2) is 25.2 Å². The number of nitrogens with zero attached hydrogens (tertiary/aromatic N) is 1. The molecule has 7 heteroatoms. The molecule has 1 aromatic heterocycles. The molecule has 1 fully saturated rings. The maximum Gasteiger partial charge on any atom is 0.224 e. The standard InChI is InChI=1S/C24H33N3O3S/c1-5-6-7-20-10-9-19(14-25-20)24(4)13-21(24)23(28)27-17(3)18-8-11-22(16(2)12-18)26-15-31(29)30/h8-12,14,17,21,26,31H,5-7,13,15H2,1-4H3,(H,27,28)/t17-,21?,24?/m1/s1. The molecule has 0 spiro atoms. The number of amides is 1. The van der Waals surface area contributed by atoms with Crippen LogP contribution in [-0.2, 0) is 27.3 Å². The number of benzene rings is 1. The summed E-state index contributed by atoms with van der Waals surface area (Å²) in [6.07, 6.45) is 6.06. The Labute approximate surface area is 186 Å². The summed E-state index contributed by atoms with van der Waals surface area (Å²) in [5.41, 5.74) is 4.81. The molecule has 1 heterocycles. The van der Waals surface area contributed by atoms with Crippen LogP contribution in [0.5, 0.6) is 0 Å². The van der Waals surface area contributed by atoms with Gasteiger partial charge < -0.3 is 10.6 Å². The molecule has 1 aliphatic rings. The third kappa shape index (κ3) is 5.64. The van der Waals surface area contributed by atoms with Gasteiger partial charge in [-0.25, -0.2) is 8.42 Å². The average molecular weight is 444 g/mol. The second kappa shape index (κ2) is 9.81. The Morgan fingerprint density at radius 1 is 1.29 bits per heavy atom. The Morgan fingerprint density at radius 3 is 2.68 bits per heavy atom. The van der Waals surface area contributed by atoms with Gasteiger partial charge in [0.2, 0.25) is 5.91 Å². The topological polar surface area (TPSA) is 88.2 Å². The van der Waals surface area contributed by atoms with E-state index < -0.39 is 10.7 Å². The highest BCUT2D eigenvalue weighted by atomic mass is 32.2. The second-order valence-electron chi connectivity index (χ2n) is 8.79. The Balaban J connectivity index is 1.59. The number of carbonyl (C=O) groups is 1. The van der Waals surface area contributed by atoms with E-state index in [1.807, 2.05) is 38.2 Å². The zero-order valence-electron chi connectivity index (χ0n) is 18.8. The van der Waals surface area contributed by atoms with Crippen molar-refractivity contribution in [3.8, 4) is 0 Å². The summed E-state index contributed by atoms with van der Waals surface area (Å²) >= 11 is 0. The number of aromatic nitrogens is 1. The van der Waals surface area contributed by atoms with Gasteiger partial charge in [0.05, 0.1) is 6.04 Å². The summed E-state index contributed by atoms with van der Waals surface area (Å²) in [4.78, 5) is 17.5. The van der Waals surface area contributed by atoms with Crippen LogP contribution in [0, 0.1) is 12.8 Å². The molecule has 2 aromatic rings. The Bertz CT molecular complexity index is 996. The first-order chi connectivity index (χ1) is 14.7. The fourth-order valence-corrected chi connectivity index (χ4v) is 4.34. The lowest BCUT2D eigenvalue weighted by molar-refractivity contribution is -0.123. The lowest BCUT2D eigenvalue weighted by atomic mass is 9.96. The van der Waals surface area contributed by atoms with Crippen LogP contribution in [0.3, 0.4) is 0 Å². The van der Waals surface area contributed by atoms with Crippen molar-refractivity contribution < 1.29 is 13.2 Å². The summed E-state index contributed by atoms with van der Waals surface area (Å²) in [5, 5.41) is 6.04. The van der Waals surface area contributed by atoms with Crippen molar-refractivity contribution in [2.75, 3.05) is 11.2 Å². The number of thiol groups is 1. The van der Waals surface area contributed by atoms with Crippen molar-refractivity contribution in [3.05, 3.63) is 58.9 Å². The summed E-state index contributed by atoms with van der Waals surface area (Å²) < 4.78 is 21.6. The maximum atomic E-state index is 12.9. The van der Waals surface area contributed by atoms with E-state index in [1.165, 1.54) is 0 Å². The van der Waals surface area contributed by atoms with Gasteiger partial charge in [-0.1, -0.05) is 38.5 Å². The largest absolute Gasteiger partial charge is 0.372 e. The molecule has 3 rings (SSSR count). The van der Waals surface area contributed by atoms with E-state index in [9.17, 15) is 13.2 Å². The number of aryl methyl sites for hydroxylation is 2. The molecule has 0 saturated heterocycles. The van der Waals surface area contributed by atoms with E-state index in [0.717, 1.165) is 53.8 Å². The fourth-order valence-electron chi connectivity index (χ4n) is 4.04. The summed E-state index contributed by atoms with van der Waals surface area (Å²) in [6.45, 7) is 8.20. The molecule has 1 aliphatic carbocycles. The summed E-state index contributed by atoms with van der Waals surface area (Å²) in [5.74, 6) is -0.0711. The maximum absolute atomic E-state index is 12.9. The van der Waals surface area contributed by atoms with Crippen molar-refractivity contribution >= 4 is 22.3 Å². The van der Waals surface area contributed by atoms with Crippen molar-refractivity contribution in [2.45, 2.75) is 64.8 Å². The highest BCUT2D eigenvalue weighted by Crippen LogP contribution is 2.54. The Hall–Kier alpha value is -2.41. The number of carbonyl (C=O) groups excluding carboxylic acids is 1. The molecule has 2 N–H and O–H groups in total. The van der Waals surface area contributed by atoms with Gasteiger partial charge in [0.25, 0.3) is 0 Å². The molecule has 0 bridgehead atoms. The van der Waals surface area contributed by atoms with Crippen LogP contribution in [0.1, 0.15) is 68.5 Å². The van der Waals surface area contributed by atoms with Crippen LogP contribution >= 0.6 is 0 Å². The fraction of sp³-hybridized carbons (Fsp3) is 0.500. The first kappa shape index (κ1) is 23.3. The molecule has 6 nitrogen and oxygen atoms in total. The highest BCUT2D eigenvalue weighted by molar-refractivity contribution is 7.72. The molecule has 0 radical (unpaired) electrons. The van der Waals surface area contributed by atoms with Gasteiger partial charge in [-0.05, 0) is 61.9 Å². The van der Waals surface area contributed by atoms with E-state index in [0.29, 0.717) is 0 Å².